The van der Waals surface area contributed by atoms with Gasteiger partial charge in [-0.15, -0.1) is 0 Å². The Morgan fingerprint density at radius 1 is 0.634 bits per heavy atom. The van der Waals surface area contributed by atoms with Gasteiger partial charge in [0.2, 0.25) is 0 Å². The largest absolute Gasteiger partial charge is 0.429 e. The number of hydrogen-bond donors (Lipinski definition) is 0. The van der Waals surface area contributed by atoms with Gasteiger partial charge in [0.05, 0.1) is 5.39 Å². The molecular formula is C32H22F8O. The molecule has 0 aliphatic rings. The molecule has 0 aromatic heterocycles. The minimum absolute atomic E-state index is 0.147. The van der Waals surface area contributed by atoms with E-state index in [1.165, 1.54) is 0 Å². The van der Waals surface area contributed by atoms with Crippen molar-refractivity contribution in [1.29, 1.82) is 0 Å². The zero-order chi connectivity index (χ0) is 29.5. The van der Waals surface area contributed by atoms with Crippen molar-refractivity contribution in [1.82, 2.24) is 0 Å². The molecule has 1 nitrogen and oxygen atoms in total. The Labute approximate surface area is 230 Å². The van der Waals surface area contributed by atoms with Gasteiger partial charge in [-0.2, -0.15) is 8.78 Å². The smallest absolute Gasteiger partial charge is 0.429 e. The van der Waals surface area contributed by atoms with Crippen molar-refractivity contribution in [2.45, 2.75) is 38.7 Å². The first-order valence-electron chi connectivity index (χ1n) is 12.8. The molecule has 0 aliphatic carbocycles. The summed E-state index contributed by atoms with van der Waals surface area (Å²) < 4.78 is 120. The summed E-state index contributed by atoms with van der Waals surface area (Å²) in [6, 6.07) is 13.9. The summed E-state index contributed by atoms with van der Waals surface area (Å²) in [5.41, 5.74) is -0.255. The number of hydrogen-bond acceptors (Lipinski definition) is 1. The zero-order valence-corrected chi connectivity index (χ0v) is 21.6. The topological polar surface area (TPSA) is 9.23 Å². The molecule has 0 N–H and O–H groups in total. The Balaban J connectivity index is 1.51. The van der Waals surface area contributed by atoms with E-state index in [0.29, 0.717) is 11.6 Å². The number of fused-ring (bicyclic) bond motifs is 2. The van der Waals surface area contributed by atoms with Crippen LogP contribution in [0.3, 0.4) is 0 Å². The van der Waals surface area contributed by atoms with Crippen LogP contribution in [0, 0.1) is 34.9 Å². The molecule has 0 saturated heterocycles. The molecule has 0 saturated carbocycles. The second-order valence-electron chi connectivity index (χ2n) is 9.75. The fourth-order valence-electron chi connectivity index (χ4n) is 4.81. The Morgan fingerprint density at radius 3 is 2.00 bits per heavy atom. The first-order chi connectivity index (χ1) is 19.5. The van der Waals surface area contributed by atoms with Crippen LogP contribution in [0.5, 0.6) is 5.75 Å². The van der Waals surface area contributed by atoms with Crippen molar-refractivity contribution in [3.05, 3.63) is 113 Å². The highest BCUT2D eigenvalue weighted by atomic mass is 19.3. The van der Waals surface area contributed by atoms with Gasteiger partial charge in [0.15, 0.2) is 29.1 Å². The van der Waals surface area contributed by atoms with Gasteiger partial charge in [-0.1, -0.05) is 56.2 Å². The van der Waals surface area contributed by atoms with Crippen LogP contribution in [0.15, 0.2) is 66.7 Å². The molecule has 5 rings (SSSR count). The van der Waals surface area contributed by atoms with Gasteiger partial charge < -0.3 is 4.74 Å². The summed E-state index contributed by atoms with van der Waals surface area (Å²) in [5.74, 6) is -11.6. The second kappa shape index (κ2) is 11.0. The minimum Gasteiger partial charge on any atom is -0.429 e. The fraction of sp³-hybridized carbons (Fsp3) is 0.188. The van der Waals surface area contributed by atoms with Crippen molar-refractivity contribution < 1.29 is 39.9 Å². The molecule has 5 aromatic carbocycles. The summed E-state index contributed by atoms with van der Waals surface area (Å²) in [4.78, 5) is 0. The summed E-state index contributed by atoms with van der Waals surface area (Å²) in [7, 11) is 0. The number of unbranched alkanes of at least 4 members (excludes halogenated alkanes) is 2. The molecule has 0 amide bonds. The summed E-state index contributed by atoms with van der Waals surface area (Å²) in [5, 5.41) is 0.416. The van der Waals surface area contributed by atoms with Crippen LogP contribution >= 0.6 is 0 Å². The van der Waals surface area contributed by atoms with E-state index in [4.69, 9.17) is 0 Å². The molecule has 212 valence electrons. The van der Waals surface area contributed by atoms with Crippen molar-refractivity contribution in [2.24, 2.45) is 0 Å². The van der Waals surface area contributed by atoms with Crippen LogP contribution in [-0.4, -0.2) is 0 Å². The Bertz CT molecular complexity index is 1760. The monoisotopic (exact) mass is 574 g/mol. The molecule has 0 fully saturated rings. The lowest BCUT2D eigenvalue weighted by Gasteiger charge is -2.20. The van der Waals surface area contributed by atoms with E-state index in [-0.39, 0.29) is 23.1 Å². The number of halogens is 8. The molecule has 0 unspecified atom stereocenters. The standard InChI is InChI=1S/C32H22F8O/c1-2-3-4-5-17-6-7-19-13-20(9-8-18(19)12-17)23-14-21-10-11-24(29(36)27(21)31(38)28(23)35)32(39,40)41-22-15-25(33)30(37)26(34)16-22/h6-16H,2-5H2,1H3. The van der Waals surface area contributed by atoms with Crippen molar-refractivity contribution in [2.75, 3.05) is 0 Å². The quantitative estimate of drug-likeness (QED) is 0.102. The maximum Gasteiger partial charge on any atom is 0.429 e. The van der Waals surface area contributed by atoms with E-state index in [1.54, 1.807) is 18.2 Å². The van der Waals surface area contributed by atoms with E-state index >= 15 is 13.2 Å². The normalized spacial score (nSPS) is 11.9. The molecule has 0 radical (unpaired) electrons. The first-order valence-corrected chi connectivity index (χ1v) is 12.8. The SMILES string of the molecule is CCCCCc1ccc2cc(-c3cc4ccc(C(F)(F)Oc5cc(F)c(F)c(F)c5)c(F)c4c(F)c3F)ccc2c1. The van der Waals surface area contributed by atoms with Crippen LogP contribution in [0.25, 0.3) is 32.7 Å². The highest BCUT2D eigenvalue weighted by Crippen LogP contribution is 2.39. The van der Waals surface area contributed by atoms with Crippen molar-refractivity contribution >= 4 is 21.5 Å². The lowest BCUT2D eigenvalue weighted by Crippen LogP contribution is -2.24. The average molecular weight is 575 g/mol. The van der Waals surface area contributed by atoms with Gasteiger partial charge in [-0.25, -0.2) is 26.3 Å². The third kappa shape index (κ3) is 5.45. The van der Waals surface area contributed by atoms with Gasteiger partial charge in [-0.05, 0) is 58.3 Å². The molecule has 0 atom stereocenters. The van der Waals surface area contributed by atoms with E-state index in [0.717, 1.165) is 54.2 Å². The third-order valence-electron chi connectivity index (χ3n) is 6.92. The fourth-order valence-corrected chi connectivity index (χ4v) is 4.81. The number of alkyl halides is 2. The molecule has 9 heteroatoms. The lowest BCUT2D eigenvalue weighted by molar-refractivity contribution is -0.187. The van der Waals surface area contributed by atoms with Gasteiger partial charge in [0.1, 0.15) is 17.1 Å². The first kappa shape index (κ1) is 28.4. The highest BCUT2D eigenvalue weighted by Gasteiger charge is 2.39. The Hall–Kier alpha value is -4.14. The molecule has 0 bridgehead atoms. The number of aryl methyl sites for hydroxylation is 1. The molecule has 5 aromatic rings. The highest BCUT2D eigenvalue weighted by molar-refractivity contribution is 5.92. The van der Waals surface area contributed by atoms with Crippen LogP contribution in [0.1, 0.15) is 37.3 Å². The van der Waals surface area contributed by atoms with Crippen LogP contribution in [-0.2, 0) is 12.5 Å². The van der Waals surface area contributed by atoms with E-state index in [9.17, 15) is 22.0 Å². The summed E-state index contributed by atoms with van der Waals surface area (Å²) >= 11 is 0. The maximum atomic E-state index is 15.3. The summed E-state index contributed by atoms with van der Waals surface area (Å²) in [6.45, 7) is 2.12. The second-order valence-corrected chi connectivity index (χ2v) is 9.75. The molecule has 0 spiro atoms. The van der Waals surface area contributed by atoms with Crippen molar-refractivity contribution in [3.8, 4) is 16.9 Å². The number of benzene rings is 5. The predicted molar refractivity (Wildman–Crippen MR) is 141 cm³/mol. The Kier molecular flexibility index (Phi) is 7.64. The van der Waals surface area contributed by atoms with Gasteiger partial charge in [0, 0.05) is 17.7 Å². The van der Waals surface area contributed by atoms with Crippen LogP contribution < -0.4 is 4.74 Å². The average Bonchev–Trinajstić information content (AvgIpc) is 2.93. The number of rotatable bonds is 8. The van der Waals surface area contributed by atoms with Crippen LogP contribution in [0.2, 0.25) is 0 Å². The third-order valence-corrected chi connectivity index (χ3v) is 6.92. The van der Waals surface area contributed by atoms with E-state index in [1.807, 2.05) is 18.2 Å². The van der Waals surface area contributed by atoms with Crippen molar-refractivity contribution in [3.63, 3.8) is 0 Å². The summed E-state index contributed by atoms with van der Waals surface area (Å²) in [6.07, 6.45) is -0.382. The van der Waals surface area contributed by atoms with Crippen LogP contribution in [0.4, 0.5) is 35.1 Å². The number of ether oxygens (including phenoxy) is 1. The van der Waals surface area contributed by atoms with E-state index in [2.05, 4.69) is 11.7 Å². The van der Waals surface area contributed by atoms with Gasteiger partial charge >= 0.3 is 6.11 Å². The lowest BCUT2D eigenvalue weighted by atomic mass is 9.95. The predicted octanol–water partition coefficient (Wildman–Crippen LogP) is 10.4. The van der Waals surface area contributed by atoms with E-state index < -0.39 is 57.7 Å². The molecule has 41 heavy (non-hydrogen) atoms. The maximum absolute atomic E-state index is 15.3. The zero-order valence-electron chi connectivity index (χ0n) is 21.6. The minimum atomic E-state index is -4.58. The Morgan fingerprint density at radius 2 is 1.29 bits per heavy atom. The molecule has 0 heterocycles. The molecular weight excluding hydrogens is 552 g/mol. The van der Waals surface area contributed by atoms with Gasteiger partial charge in [-0.3, -0.25) is 0 Å². The van der Waals surface area contributed by atoms with Gasteiger partial charge in [0.25, 0.3) is 0 Å². The molecule has 0 aliphatic heterocycles.